The van der Waals surface area contributed by atoms with E-state index in [1.165, 1.54) is 0 Å². The SMILES string of the molecule is Cc1ccc(OC(=O)c2ccc(C)c(Br)c2)c(C(C)(C)C)c1. The molecule has 0 spiro atoms. The first kappa shape index (κ1) is 16.8. The van der Waals surface area contributed by atoms with Gasteiger partial charge in [-0.05, 0) is 43.0 Å². The van der Waals surface area contributed by atoms with Crippen LogP contribution in [-0.4, -0.2) is 5.97 Å². The summed E-state index contributed by atoms with van der Waals surface area (Å²) in [6.45, 7) is 10.4. The molecule has 0 aliphatic heterocycles. The first-order valence-corrected chi connectivity index (χ1v) is 8.07. The van der Waals surface area contributed by atoms with Crippen LogP contribution in [0, 0.1) is 13.8 Å². The van der Waals surface area contributed by atoms with Crippen molar-refractivity contribution < 1.29 is 9.53 Å². The molecule has 0 N–H and O–H groups in total. The van der Waals surface area contributed by atoms with Crippen LogP contribution in [-0.2, 0) is 5.41 Å². The maximum atomic E-state index is 12.4. The average Bonchev–Trinajstić information content (AvgIpc) is 2.42. The zero-order chi connectivity index (χ0) is 16.5. The van der Waals surface area contributed by atoms with E-state index < -0.39 is 0 Å². The third-order valence-electron chi connectivity index (χ3n) is 3.55. The van der Waals surface area contributed by atoms with Crippen LogP contribution in [0.4, 0.5) is 0 Å². The minimum atomic E-state index is -0.338. The highest BCUT2D eigenvalue weighted by molar-refractivity contribution is 9.10. The molecule has 0 unspecified atom stereocenters. The Bertz CT molecular complexity index is 712. The van der Waals surface area contributed by atoms with E-state index in [9.17, 15) is 4.79 Å². The first-order valence-electron chi connectivity index (χ1n) is 7.28. The second-order valence-corrected chi connectivity index (χ2v) is 7.46. The highest BCUT2D eigenvalue weighted by atomic mass is 79.9. The summed E-state index contributed by atoms with van der Waals surface area (Å²) in [4.78, 5) is 12.4. The van der Waals surface area contributed by atoms with Crippen molar-refractivity contribution in [3.05, 3.63) is 63.1 Å². The van der Waals surface area contributed by atoms with Gasteiger partial charge in [0.05, 0.1) is 5.56 Å². The predicted molar refractivity (Wildman–Crippen MR) is 93.7 cm³/mol. The van der Waals surface area contributed by atoms with E-state index in [4.69, 9.17) is 4.74 Å². The van der Waals surface area contributed by atoms with E-state index in [1.807, 2.05) is 32.0 Å². The Morgan fingerprint density at radius 3 is 2.32 bits per heavy atom. The molecule has 2 nitrogen and oxygen atoms in total. The van der Waals surface area contributed by atoms with Crippen LogP contribution in [0.3, 0.4) is 0 Å². The van der Waals surface area contributed by atoms with Gasteiger partial charge in [-0.1, -0.05) is 60.5 Å². The molecule has 0 aliphatic carbocycles. The Morgan fingerprint density at radius 2 is 1.73 bits per heavy atom. The fourth-order valence-electron chi connectivity index (χ4n) is 2.20. The molecule has 0 saturated carbocycles. The van der Waals surface area contributed by atoms with E-state index in [1.54, 1.807) is 12.1 Å². The lowest BCUT2D eigenvalue weighted by Gasteiger charge is -2.22. The van der Waals surface area contributed by atoms with Crippen molar-refractivity contribution in [2.45, 2.75) is 40.0 Å². The molecule has 0 aromatic heterocycles. The number of hydrogen-bond acceptors (Lipinski definition) is 2. The Balaban J connectivity index is 2.34. The van der Waals surface area contributed by atoms with Crippen molar-refractivity contribution in [3.63, 3.8) is 0 Å². The Hall–Kier alpha value is -1.61. The van der Waals surface area contributed by atoms with E-state index >= 15 is 0 Å². The highest BCUT2D eigenvalue weighted by Crippen LogP contribution is 2.32. The minimum Gasteiger partial charge on any atom is -0.423 e. The van der Waals surface area contributed by atoms with Gasteiger partial charge < -0.3 is 4.74 Å². The molecule has 0 aliphatic rings. The van der Waals surface area contributed by atoms with E-state index in [2.05, 4.69) is 42.8 Å². The summed E-state index contributed by atoms with van der Waals surface area (Å²) in [6.07, 6.45) is 0. The van der Waals surface area contributed by atoms with Crippen molar-refractivity contribution in [2.75, 3.05) is 0 Å². The molecule has 2 aromatic rings. The van der Waals surface area contributed by atoms with Crippen LogP contribution in [0.15, 0.2) is 40.9 Å². The number of benzene rings is 2. The first-order chi connectivity index (χ1) is 10.2. The van der Waals surface area contributed by atoms with Gasteiger partial charge in [0.25, 0.3) is 0 Å². The van der Waals surface area contributed by atoms with Crippen molar-refractivity contribution in [2.24, 2.45) is 0 Å². The Kier molecular flexibility index (Phi) is 4.76. The number of carbonyl (C=O) groups is 1. The normalized spacial score (nSPS) is 11.4. The standard InChI is InChI=1S/C19H21BrO2/c1-12-6-9-17(15(10-12)19(3,4)5)22-18(21)14-8-7-13(2)16(20)11-14/h6-11H,1-5H3. The van der Waals surface area contributed by atoms with Gasteiger partial charge >= 0.3 is 5.97 Å². The summed E-state index contributed by atoms with van der Waals surface area (Å²) >= 11 is 3.45. The number of halogens is 1. The Morgan fingerprint density at radius 1 is 1.05 bits per heavy atom. The van der Waals surface area contributed by atoms with Crippen molar-refractivity contribution in [1.82, 2.24) is 0 Å². The van der Waals surface area contributed by atoms with Gasteiger partial charge in [-0.2, -0.15) is 0 Å². The lowest BCUT2D eigenvalue weighted by Crippen LogP contribution is -2.16. The van der Waals surface area contributed by atoms with Crippen LogP contribution in [0.5, 0.6) is 5.75 Å². The van der Waals surface area contributed by atoms with Crippen molar-refractivity contribution in [3.8, 4) is 5.75 Å². The maximum Gasteiger partial charge on any atom is 0.343 e. The molecule has 0 atom stereocenters. The van der Waals surface area contributed by atoms with Crippen molar-refractivity contribution >= 4 is 21.9 Å². The lowest BCUT2D eigenvalue weighted by molar-refractivity contribution is 0.0731. The molecule has 0 amide bonds. The zero-order valence-corrected chi connectivity index (χ0v) is 15.2. The second kappa shape index (κ2) is 6.25. The topological polar surface area (TPSA) is 26.3 Å². The van der Waals surface area contributed by atoms with Gasteiger partial charge in [0.2, 0.25) is 0 Å². The smallest absolute Gasteiger partial charge is 0.343 e. The van der Waals surface area contributed by atoms with Crippen molar-refractivity contribution in [1.29, 1.82) is 0 Å². The van der Waals surface area contributed by atoms with E-state index in [0.29, 0.717) is 11.3 Å². The van der Waals surface area contributed by atoms with Gasteiger partial charge in [-0.25, -0.2) is 4.79 Å². The number of hydrogen-bond donors (Lipinski definition) is 0. The van der Waals surface area contributed by atoms with E-state index in [0.717, 1.165) is 21.2 Å². The van der Waals surface area contributed by atoms with Gasteiger partial charge in [0.1, 0.15) is 5.75 Å². The van der Waals surface area contributed by atoms with Crippen LogP contribution in [0.1, 0.15) is 47.8 Å². The molecule has 0 fully saturated rings. The second-order valence-electron chi connectivity index (χ2n) is 6.60. The number of rotatable bonds is 2. The fourth-order valence-corrected chi connectivity index (χ4v) is 2.58. The monoisotopic (exact) mass is 360 g/mol. The molecular weight excluding hydrogens is 340 g/mol. The molecule has 0 bridgehead atoms. The van der Waals surface area contributed by atoms with Crippen LogP contribution in [0.2, 0.25) is 0 Å². The zero-order valence-electron chi connectivity index (χ0n) is 13.7. The van der Waals surface area contributed by atoms with Gasteiger partial charge in [-0.3, -0.25) is 0 Å². The molecule has 2 aromatic carbocycles. The molecule has 3 heteroatoms. The van der Waals surface area contributed by atoms with Gasteiger partial charge in [0, 0.05) is 10.0 Å². The number of carbonyl (C=O) groups excluding carboxylic acids is 1. The summed E-state index contributed by atoms with van der Waals surface area (Å²) in [7, 11) is 0. The summed E-state index contributed by atoms with van der Waals surface area (Å²) in [5.41, 5.74) is 3.73. The quantitative estimate of drug-likeness (QED) is 0.515. The average molecular weight is 361 g/mol. The molecule has 116 valence electrons. The molecule has 2 rings (SSSR count). The fraction of sp³-hybridized carbons (Fsp3) is 0.316. The number of esters is 1. The van der Waals surface area contributed by atoms with Gasteiger partial charge in [0.15, 0.2) is 0 Å². The summed E-state index contributed by atoms with van der Waals surface area (Å²) in [5, 5.41) is 0. The molecular formula is C19H21BrO2. The van der Waals surface area contributed by atoms with Gasteiger partial charge in [-0.15, -0.1) is 0 Å². The molecule has 0 heterocycles. The number of ether oxygens (including phenoxy) is 1. The van der Waals surface area contributed by atoms with Crippen LogP contribution in [0.25, 0.3) is 0 Å². The van der Waals surface area contributed by atoms with Crippen LogP contribution >= 0.6 is 15.9 Å². The molecule has 0 saturated heterocycles. The van der Waals surface area contributed by atoms with E-state index in [-0.39, 0.29) is 11.4 Å². The highest BCUT2D eigenvalue weighted by Gasteiger charge is 2.21. The predicted octanol–water partition coefficient (Wildman–Crippen LogP) is 5.58. The summed E-state index contributed by atoms with van der Waals surface area (Å²) in [5.74, 6) is 0.287. The largest absolute Gasteiger partial charge is 0.423 e. The maximum absolute atomic E-state index is 12.4. The third kappa shape index (κ3) is 3.77. The summed E-state index contributed by atoms with van der Waals surface area (Å²) < 4.78 is 6.55. The number of aryl methyl sites for hydroxylation is 2. The third-order valence-corrected chi connectivity index (χ3v) is 4.41. The molecule has 0 radical (unpaired) electrons. The van der Waals surface area contributed by atoms with Crippen LogP contribution < -0.4 is 4.74 Å². The lowest BCUT2D eigenvalue weighted by atomic mass is 9.85. The Labute approximate surface area is 140 Å². The summed E-state index contributed by atoms with van der Waals surface area (Å²) in [6, 6.07) is 11.4. The molecule has 22 heavy (non-hydrogen) atoms. The minimum absolute atomic E-state index is 0.0878.